The topological polar surface area (TPSA) is 38.0 Å². The van der Waals surface area contributed by atoms with Crippen LogP contribution in [0.25, 0.3) is 11.0 Å². The fourth-order valence-corrected chi connectivity index (χ4v) is 2.79. The molecule has 3 heteroatoms. The highest BCUT2D eigenvalue weighted by Crippen LogP contribution is 2.21. The molecule has 1 unspecified atom stereocenters. The highest BCUT2D eigenvalue weighted by atomic mass is 16.3. The van der Waals surface area contributed by atoms with Crippen molar-refractivity contribution in [2.75, 3.05) is 0 Å². The van der Waals surface area contributed by atoms with E-state index in [1.165, 1.54) is 0 Å². The number of aromatic nitrogens is 2. The van der Waals surface area contributed by atoms with Crippen molar-refractivity contribution in [3.8, 4) is 0 Å². The average molecular weight is 280 g/mol. The minimum atomic E-state index is -0.809. The maximum Gasteiger partial charge on any atom is 0.112 e. The van der Waals surface area contributed by atoms with Crippen molar-refractivity contribution < 1.29 is 5.11 Å². The summed E-state index contributed by atoms with van der Waals surface area (Å²) in [5, 5.41) is 10.7. The molecule has 2 aromatic carbocycles. The lowest BCUT2D eigenvalue weighted by molar-refractivity contribution is 0.0582. The number of para-hydroxylation sites is 2. The zero-order valence-electron chi connectivity index (χ0n) is 12.5. The molecule has 3 aromatic rings. The van der Waals surface area contributed by atoms with Crippen LogP contribution in [0.4, 0.5) is 0 Å². The highest BCUT2D eigenvalue weighted by molar-refractivity contribution is 5.75. The third-order valence-corrected chi connectivity index (χ3v) is 3.85. The van der Waals surface area contributed by atoms with E-state index in [9.17, 15) is 5.11 Å². The van der Waals surface area contributed by atoms with Crippen LogP contribution in [0.3, 0.4) is 0 Å². The van der Waals surface area contributed by atoms with E-state index in [0.717, 1.165) is 22.4 Å². The summed E-state index contributed by atoms with van der Waals surface area (Å²) in [7, 11) is 2.00. The van der Waals surface area contributed by atoms with Gasteiger partial charge in [-0.3, -0.25) is 0 Å². The summed E-state index contributed by atoms with van der Waals surface area (Å²) >= 11 is 0. The van der Waals surface area contributed by atoms with E-state index in [2.05, 4.69) is 15.6 Å². The number of hydrogen-bond acceptors (Lipinski definition) is 2. The molecular weight excluding hydrogens is 260 g/mol. The van der Waals surface area contributed by atoms with E-state index in [1.54, 1.807) is 0 Å². The van der Waals surface area contributed by atoms with Gasteiger partial charge in [0.2, 0.25) is 0 Å². The van der Waals surface area contributed by atoms with Crippen LogP contribution in [0, 0.1) is 0 Å². The molecule has 0 aliphatic heterocycles. The fraction of sp³-hybridized carbons (Fsp3) is 0.278. The second-order valence-corrected chi connectivity index (χ2v) is 5.91. The van der Waals surface area contributed by atoms with Crippen molar-refractivity contribution in [1.29, 1.82) is 0 Å². The third-order valence-electron chi connectivity index (χ3n) is 3.85. The van der Waals surface area contributed by atoms with E-state index >= 15 is 0 Å². The van der Waals surface area contributed by atoms with Gasteiger partial charge < -0.3 is 9.67 Å². The van der Waals surface area contributed by atoms with Crippen molar-refractivity contribution >= 4 is 11.0 Å². The fourth-order valence-electron chi connectivity index (χ4n) is 2.79. The molecule has 3 nitrogen and oxygen atoms in total. The first kappa shape index (κ1) is 13.8. The van der Waals surface area contributed by atoms with E-state index < -0.39 is 5.60 Å². The van der Waals surface area contributed by atoms with Gasteiger partial charge in [0, 0.05) is 19.9 Å². The quantitative estimate of drug-likeness (QED) is 0.797. The summed E-state index contributed by atoms with van der Waals surface area (Å²) in [6, 6.07) is 18.1. The van der Waals surface area contributed by atoms with Crippen molar-refractivity contribution in [2.24, 2.45) is 7.05 Å². The summed E-state index contributed by atoms with van der Waals surface area (Å²) in [4.78, 5) is 4.64. The van der Waals surface area contributed by atoms with E-state index in [1.807, 2.05) is 62.5 Å². The van der Waals surface area contributed by atoms with Crippen LogP contribution in [-0.2, 0) is 19.9 Å². The van der Waals surface area contributed by atoms with Gasteiger partial charge in [0.15, 0.2) is 0 Å². The van der Waals surface area contributed by atoms with Gasteiger partial charge in [0.05, 0.1) is 16.6 Å². The minimum Gasteiger partial charge on any atom is -0.389 e. The zero-order valence-corrected chi connectivity index (χ0v) is 12.5. The molecule has 3 rings (SSSR count). The van der Waals surface area contributed by atoms with Crippen molar-refractivity contribution in [2.45, 2.75) is 25.4 Å². The normalized spacial score (nSPS) is 14.2. The van der Waals surface area contributed by atoms with Gasteiger partial charge >= 0.3 is 0 Å². The SMILES string of the molecule is Cn1c(CC(C)(O)Cc2ccccc2)nc2ccccc21. The number of nitrogens with zero attached hydrogens (tertiary/aromatic N) is 2. The Bertz CT molecular complexity index is 744. The second-order valence-electron chi connectivity index (χ2n) is 5.91. The molecule has 1 heterocycles. The Morgan fingerprint density at radius 3 is 2.38 bits per heavy atom. The first-order valence-electron chi connectivity index (χ1n) is 7.22. The number of imidazole rings is 1. The number of aryl methyl sites for hydroxylation is 1. The van der Waals surface area contributed by atoms with Crippen LogP contribution < -0.4 is 0 Å². The number of fused-ring (bicyclic) bond motifs is 1. The van der Waals surface area contributed by atoms with Crippen LogP contribution in [0.2, 0.25) is 0 Å². The number of hydrogen-bond donors (Lipinski definition) is 1. The van der Waals surface area contributed by atoms with Crippen LogP contribution in [0.15, 0.2) is 54.6 Å². The molecule has 108 valence electrons. The monoisotopic (exact) mass is 280 g/mol. The van der Waals surface area contributed by atoms with Gasteiger partial charge in [0.1, 0.15) is 5.82 Å². The Morgan fingerprint density at radius 2 is 1.67 bits per heavy atom. The Hall–Kier alpha value is -2.13. The molecule has 0 aliphatic rings. The molecule has 1 N–H and O–H groups in total. The highest BCUT2D eigenvalue weighted by Gasteiger charge is 2.24. The molecule has 0 spiro atoms. The molecule has 0 saturated carbocycles. The zero-order chi connectivity index (χ0) is 14.9. The summed E-state index contributed by atoms with van der Waals surface area (Å²) < 4.78 is 2.06. The maximum atomic E-state index is 10.7. The molecule has 21 heavy (non-hydrogen) atoms. The smallest absolute Gasteiger partial charge is 0.112 e. The minimum absolute atomic E-state index is 0.535. The Balaban J connectivity index is 1.85. The van der Waals surface area contributed by atoms with E-state index in [0.29, 0.717) is 12.8 Å². The van der Waals surface area contributed by atoms with Gasteiger partial charge in [-0.15, -0.1) is 0 Å². The maximum absolute atomic E-state index is 10.7. The van der Waals surface area contributed by atoms with Crippen molar-refractivity contribution in [3.05, 3.63) is 66.0 Å². The predicted molar refractivity (Wildman–Crippen MR) is 85.2 cm³/mol. The molecule has 0 amide bonds. The first-order chi connectivity index (χ1) is 10.1. The summed E-state index contributed by atoms with van der Waals surface area (Å²) in [6.45, 7) is 1.87. The Kier molecular flexibility index (Phi) is 3.52. The largest absolute Gasteiger partial charge is 0.389 e. The lowest BCUT2D eigenvalue weighted by atomic mass is 9.93. The molecule has 0 bridgehead atoms. The summed E-state index contributed by atoms with van der Waals surface area (Å²) in [5.41, 5.74) is 2.41. The predicted octanol–water partition coefficient (Wildman–Crippen LogP) is 3.11. The van der Waals surface area contributed by atoms with Gasteiger partial charge in [-0.05, 0) is 24.6 Å². The molecule has 1 aromatic heterocycles. The van der Waals surface area contributed by atoms with Crippen LogP contribution >= 0.6 is 0 Å². The van der Waals surface area contributed by atoms with Gasteiger partial charge in [-0.2, -0.15) is 0 Å². The molecule has 0 radical (unpaired) electrons. The van der Waals surface area contributed by atoms with Gasteiger partial charge in [-0.1, -0.05) is 42.5 Å². The number of aliphatic hydroxyl groups is 1. The molecule has 1 atom stereocenters. The van der Waals surface area contributed by atoms with E-state index in [4.69, 9.17) is 0 Å². The van der Waals surface area contributed by atoms with Gasteiger partial charge in [-0.25, -0.2) is 4.98 Å². The van der Waals surface area contributed by atoms with Crippen molar-refractivity contribution in [1.82, 2.24) is 9.55 Å². The third kappa shape index (κ3) is 2.98. The van der Waals surface area contributed by atoms with Crippen LogP contribution in [0.1, 0.15) is 18.3 Å². The Morgan fingerprint density at radius 1 is 1.00 bits per heavy atom. The lowest BCUT2D eigenvalue weighted by Crippen LogP contribution is -2.31. The molecule has 0 aliphatic carbocycles. The second kappa shape index (κ2) is 5.34. The molecule has 0 saturated heterocycles. The summed E-state index contributed by atoms with van der Waals surface area (Å²) in [5.74, 6) is 0.914. The number of rotatable bonds is 4. The standard InChI is InChI=1S/C18H20N2O/c1-18(21,12-14-8-4-3-5-9-14)13-17-19-15-10-6-7-11-16(15)20(17)2/h3-11,21H,12-13H2,1-2H3. The summed E-state index contributed by atoms with van der Waals surface area (Å²) in [6.07, 6.45) is 1.16. The average Bonchev–Trinajstić information content (AvgIpc) is 2.76. The number of benzene rings is 2. The van der Waals surface area contributed by atoms with E-state index in [-0.39, 0.29) is 0 Å². The molecular formula is C18H20N2O. The molecule has 0 fully saturated rings. The lowest BCUT2D eigenvalue weighted by Gasteiger charge is -2.23. The first-order valence-corrected chi connectivity index (χ1v) is 7.22. The van der Waals surface area contributed by atoms with Crippen molar-refractivity contribution in [3.63, 3.8) is 0 Å². The van der Waals surface area contributed by atoms with Crippen LogP contribution in [0.5, 0.6) is 0 Å². The Labute approximate surface area is 124 Å². The van der Waals surface area contributed by atoms with Crippen LogP contribution in [-0.4, -0.2) is 20.3 Å². The van der Waals surface area contributed by atoms with Gasteiger partial charge in [0.25, 0.3) is 0 Å².